The average molecular weight is 851 g/mol. The molecule has 0 unspecified atom stereocenters. The second-order valence-corrected chi connectivity index (χ2v) is 17.7. The Bertz CT molecular complexity index is 2050. The van der Waals surface area contributed by atoms with E-state index in [1.165, 1.54) is 0 Å². The molecule has 2 aromatic carbocycles. The molecule has 0 bridgehead atoms. The second kappa shape index (κ2) is 18.3. The van der Waals surface area contributed by atoms with Gasteiger partial charge in [0.25, 0.3) is 0 Å². The van der Waals surface area contributed by atoms with Crippen LogP contribution in [-0.2, 0) is 19.1 Å². The molecule has 4 amide bonds. The monoisotopic (exact) mass is 850 g/mol. The molecule has 0 spiro atoms. The lowest BCUT2D eigenvalue weighted by Crippen LogP contribution is -2.54. The maximum absolute atomic E-state index is 14.0. The standard InChI is InChI=1S/C46H58N8O8/c1-25-19-33(20-26(2)61-25)39(51-45(57)58)43(55)53-17-5-7-37(53)41-47-23-35(49-41)31-13-9-29(10-14-31)30-11-15-32(16-12-30)36-24-48-42(50-36)38-8-6-18-54(38)44(56)40(52-46(59)60)34-21-27(3)62-28(4)22-34/h9-16,23-28,33-34,37-40,51-52H,5-8,17-22H2,1-4H3,(H,47,49)(H,48,50)(H,57,58)(H,59,60)/t25-,26-,27-,28-,37+,38+,39+,40+/m1/s1. The molecule has 0 aliphatic carbocycles. The zero-order valence-electron chi connectivity index (χ0n) is 35.8. The minimum atomic E-state index is -1.21. The van der Waals surface area contributed by atoms with Crippen molar-refractivity contribution in [3.63, 3.8) is 0 Å². The number of aromatic nitrogens is 4. The number of likely N-dealkylation sites (tertiary alicyclic amines) is 2. The van der Waals surface area contributed by atoms with Gasteiger partial charge in [-0.3, -0.25) is 9.59 Å². The van der Waals surface area contributed by atoms with Crippen molar-refractivity contribution in [2.24, 2.45) is 11.8 Å². The van der Waals surface area contributed by atoms with Crippen LogP contribution in [0.15, 0.2) is 60.9 Å². The number of benzene rings is 2. The molecule has 4 saturated heterocycles. The molecule has 62 heavy (non-hydrogen) atoms. The van der Waals surface area contributed by atoms with Crippen molar-refractivity contribution in [1.29, 1.82) is 0 Å². The molecule has 4 aromatic rings. The number of nitrogens with zero attached hydrogens (tertiary/aromatic N) is 4. The van der Waals surface area contributed by atoms with E-state index in [0.29, 0.717) is 50.4 Å². The Balaban J connectivity index is 0.915. The number of nitrogens with one attached hydrogen (secondary N) is 4. The lowest BCUT2D eigenvalue weighted by atomic mass is 9.85. The zero-order chi connectivity index (χ0) is 43.7. The van der Waals surface area contributed by atoms with Crippen molar-refractivity contribution >= 4 is 24.0 Å². The highest BCUT2D eigenvalue weighted by molar-refractivity contribution is 5.87. The highest BCUT2D eigenvalue weighted by Gasteiger charge is 2.43. The van der Waals surface area contributed by atoms with E-state index >= 15 is 0 Å². The first kappa shape index (κ1) is 42.9. The molecule has 2 aromatic heterocycles. The third-order valence-corrected chi connectivity index (χ3v) is 13.1. The average Bonchev–Trinajstić information content (AvgIpc) is 4.08. The van der Waals surface area contributed by atoms with Crippen LogP contribution in [-0.4, -0.2) is 114 Å². The Hall–Kier alpha value is -5.74. The van der Waals surface area contributed by atoms with Gasteiger partial charge in [-0.2, -0.15) is 0 Å². The van der Waals surface area contributed by atoms with Crippen molar-refractivity contribution in [3.05, 3.63) is 72.6 Å². The lowest BCUT2D eigenvalue weighted by molar-refractivity contribution is -0.139. The predicted octanol–water partition coefficient (Wildman–Crippen LogP) is 7.14. The number of carbonyl (C=O) groups excluding carboxylic acids is 2. The van der Waals surface area contributed by atoms with Crippen molar-refractivity contribution in [1.82, 2.24) is 40.4 Å². The highest BCUT2D eigenvalue weighted by Crippen LogP contribution is 2.37. The first-order valence-electron chi connectivity index (χ1n) is 22.0. The van der Waals surface area contributed by atoms with Crippen molar-refractivity contribution in [3.8, 4) is 33.6 Å². The van der Waals surface area contributed by atoms with Gasteiger partial charge in [-0.05, 0) is 102 Å². The van der Waals surface area contributed by atoms with Crippen LogP contribution in [0.4, 0.5) is 9.59 Å². The molecule has 6 N–H and O–H groups in total. The van der Waals surface area contributed by atoms with Crippen molar-refractivity contribution in [2.45, 2.75) is 128 Å². The van der Waals surface area contributed by atoms with Crippen LogP contribution >= 0.6 is 0 Å². The first-order chi connectivity index (χ1) is 29.8. The molecule has 8 rings (SSSR count). The third-order valence-electron chi connectivity index (χ3n) is 13.1. The lowest BCUT2D eigenvalue weighted by Gasteiger charge is -2.38. The van der Waals surface area contributed by atoms with Crippen molar-refractivity contribution in [2.75, 3.05) is 13.1 Å². The van der Waals surface area contributed by atoms with Crippen LogP contribution in [0.1, 0.15) is 103 Å². The van der Waals surface area contributed by atoms with E-state index in [4.69, 9.17) is 19.4 Å². The Kier molecular flexibility index (Phi) is 12.7. The fourth-order valence-corrected chi connectivity index (χ4v) is 10.5. The predicted molar refractivity (Wildman–Crippen MR) is 230 cm³/mol. The highest BCUT2D eigenvalue weighted by atomic mass is 16.5. The zero-order valence-corrected chi connectivity index (χ0v) is 35.8. The Morgan fingerprint density at radius 3 is 1.27 bits per heavy atom. The van der Waals surface area contributed by atoms with Gasteiger partial charge in [-0.15, -0.1) is 0 Å². The summed E-state index contributed by atoms with van der Waals surface area (Å²) in [6.45, 7) is 8.91. The first-order valence-corrected chi connectivity index (χ1v) is 22.0. The number of aromatic amines is 2. The number of imidazole rings is 2. The Labute approximate surface area is 361 Å². The summed E-state index contributed by atoms with van der Waals surface area (Å²) in [5.74, 6) is 0.608. The Morgan fingerprint density at radius 1 is 0.597 bits per heavy atom. The molecule has 16 nitrogen and oxygen atoms in total. The molecule has 16 heteroatoms. The van der Waals surface area contributed by atoms with Gasteiger partial charge in [0.05, 0.1) is 47.9 Å². The molecule has 330 valence electrons. The van der Waals surface area contributed by atoms with E-state index in [9.17, 15) is 29.4 Å². The van der Waals surface area contributed by atoms with Crippen LogP contribution in [0.3, 0.4) is 0 Å². The SMILES string of the molecule is C[C@@H]1CC([C@H](NC(=O)O)C(=O)N2CCC[C@H]2c2nc(-c3ccc(-c4ccc(-c5c[nH]c([C@@H]6CCCN6C(=O)[C@@H](NC(=O)O)C6C[C@@H](C)O[C@H](C)C6)n5)cc4)cc3)c[nH]2)C[C@@H](C)O1. The van der Waals surface area contributed by atoms with Gasteiger partial charge in [0.1, 0.15) is 23.7 Å². The number of hydrogen-bond acceptors (Lipinski definition) is 8. The number of ether oxygens (including phenoxy) is 2. The maximum atomic E-state index is 14.0. The molecule has 4 fully saturated rings. The van der Waals surface area contributed by atoms with E-state index in [1.807, 2.05) is 64.4 Å². The number of amides is 4. The van der Waals surface area contributed by atoms with E-state index in [2.05, 4.69) is 44.9 Å². The van der Waals surface area contributed by atoms with Gasteiger partial charge in [0.2, 0.25) is 11.8 Å². The number of carbonyl (C=O) groups is 4. The van der Waals surface area contributed by atoms with E-state index in [0.717, 1.165) is 59.3 Å². The summed E-state index contributed by atoms with van der Waals surface area (Å²) < 4.78 is 11.8. The third kappa shape index (κ3) is 9.36. The van der Waals surface area contributed by atoms with Gasteiger partial charge in [-0.1, -0.05) is 48.5 Å². The van der Waals surface area contributed by atoms with E-state index < -0.39 is 24.3 Å². The molecule has 0 radical (unpaired) electrons. The molecule has 8 atom stereocenters. The van der Waals surface area contributed by atoms with E-state index in [-0.39, 0.29) is 60.1 Å². The second-order valence-electron chi connectivity index (χ2n) is 17.7. The summed E-state index contributed by atoms with van der Waals surface area (Å²) in [6.07, 6.45) is 6.53. The van der Waals surface area contributed by atoms with Crippen LogP contribution in [0, 0.1) is 11.8 Å². The molecule has 4 aliphatic rings. The van der Waals surface area contributed by atoms with Crippen molar-refractivity contribution < 1.29 is 38.9 Å². The van der Waals surface area contributed by atoms with Crippen LogP contribution < -0.4 is 10.6 Å². The molecule has 6 heterocycles. The van der Waals surface area contributed by atoms with Gasteiger partial charge >= 0.3 is 12.2 Å². The van der Waals surface area contributed by atoms with E-state index in [1.54, 1.807) is 9.80 Å². The number of H-pyrrole nitrogens is 2. The molecule has 4 aliphatic heterocycles. The van der Waals surface area contributed by atoms with Crippen LogP contribution in [0.25, 0.3) is 33.6 Å². The normalized spacial score (nSPS) is 27.4. The minimum absolute atomic E-state index is 0.0595. The van der Waals surface area contributed by atoms with Gasteiger partial charge in [0, 0.05) is 36.6 Å². The topological polar surface area (TPSA) is 215 Å². The molecular formula is C46H58N8O8. The van der Waals surface area contributed by atoms with Gasteiger partial charge in [-0.25, -0.2) is 19.6 Å². The van der Waals surface area contributed by atoms with Gasteiger partial charge < -0.3 is 50.1 Å². The summed E-state index contributed by atoms with van der Waals surface area (Å²) in [7, 11) is 0. The number of hydrogen-bond donors (Lipinski definition) is 6. The largest absolute Gasteiger partial charge is 0.465 e. The minimum Gasteiger partial charge on any atom is -0.465 e. The molecular weight excluding hydrogens is 793 g/mol. The Morgan fingerprint density at radius 2 is 0.935 bits per heavy atom. The summed E-state index contributed by atoms with van der Waals surface area (Å²) in [4.78, 5) is 71.7. The molecule has 0 saturated carbocycles. The maximum Gasteiger partial charge on any atom is 0.405 e. The summed E-state index contributed by atoms with van der Waals surface area (Å²) in [6, 6.07) is 14.0. The number of rotatable bonds is 11. The van der Waals surface area contributed by atoms with Crippen LogP contribution in [0.5, 0.6) is 0 Å². The van der Waals surface area contributed by atoms with Gasteiger partial charge in [0.15, 0.2) is 0 Å². The smallest absolute Gasteiger partial charge is 0.405 e. The summed E-state index contributed by atoms with van der Waals surface area (Å²) >= 11 is 0. The quantitative estimate of drug-likeness (QED) is 0.0897. The summed E-state index contributed by atoms with van der Waals surface area (Å²) in [5, 5.41) is 24.4. The van der Waals surface area contributed by atoms with Crippen LogP contribution in [0.2, 0.25) is 0 Å². The number of carboxylic acid groups (broad SMARTS) is 2. The summed E-state index contributed by atoms with van der Waals surface area (Å²) in [5.41, 5.74) is 5.41. The fourth-order valence-electron chi connectivity index (χ4n) is 10.5. The fraction of sp³-hybridized carbons (Fsp3) is 0.522.